The van der Waals surface area contributed by atoms with Crippen molar-refractivity contribution in [2.45, 2.75) is 32.4 Å². The summed E-state index contributed by atoms with van der Waals surface area (Å²) in [5, 5.41) is 12.9. The average molecular weight is 287 g/mol. The van der Waals surface area contributed by atoms with Crippen LogP contribution >= 0.6 is 0 Å². The van der Waals surface area contributed by atoms with Crippen LogP contribution in [0.2, 0.25) is 0 Å². The Kier molecular flexibility index (Phi) is 4.43. The average Bonchev–Trinajstić information content (AvgIpc) is 2.50. The highest BCUT2D eigenvalue weighted by molar-refractivity contribution is 5.40. The summed E-state index contributed by atoms with van der Waals surface area (Å²) in [6.07, 6.45) is 3.25. The fourth-order valence-electron chi connectivity index (χ4n) is 2.19. The summed E-state index contributed by atoms with van der Waals surface area (Å²) in [6, 6.07) is 9.58. The molecule has 5 nitrogen and oxygen atoms in total. The van der Waals surface area contributed by atoms with Crippen molar-refractivity contribution in [1.29, 1.82) is 0 Å². The van der Waals surface area contributed by atoms with Crippen LogP contribution in [0.25, 0.3) is 0 Å². The molecule has 0 bridgehead atoms. The fraction of sp³-hybridized carbons (Fsp3) is 0.375. The molecule has 0 amide bonds. The first-order valence-electron chi connectivity index (χ1n) is 6.99. The Labute approximate surface area is 124 Å². The summed E-state index contributed by atoms with van der Waals surface area (Å²) >= 11 is 0. The van der Waals surface area contributed by atoms with E-state index in [1.807, 2.05) is 51.1 Å². The van der Waals surface area contributed by atoms with Crippen LogP contribution in [0.3, 0.4) is 0 Å². The third-order valence-electron chi connectivity index (χ3n) is 3.55. The number of anilines is 1. The molecule has 0 saturated heterocycles. The van der Waals surface area contributed by atoms with Gasteiger partial charge in [0.15, 0.2) is 5.82 Å². The van der Waals surface area contributed by atoms with E-state index in [0.29, 0.717) is 0 Å². The number of benzene rings is 1. The van der Waals surface area contributed by atoms with Crippen molar-refractivity contribution in [2.24, 2.45) is 0 Å². The van der Waals surface area contributed by atoms with E-state index < -0.39 is 5.54 Å². The number of nitrogens with one attached hydrogen (secondary N) is 1. The summed E-state index contributed by atoms with van der Waals surface area (Å²) in [5.41, 5.74) is -0.0550. The molecule has 1 atom stereocenters. The predicted molar refractivity (Wildman–Crippen MR) is 83.4 cm³/mol. The maximum Gasteiger partial charge on any atom is 0.293 e. The van der Waals surface area contributed by atoms with Crippen molar-refractivity contribution >= 4 is 5.82 Å². The van der Waals surface area contributed by atoms with E-state index in [1.165, 1.54) is 0 Å². The Morgan fingerprint density at radius 2 is 2.00 bits per heavy atom. The molecule has 0 aliphatic heterocycles. The second-order valence-electron chi connectivity index (χ2n) is 5.56. The first-order valence-corrected chi connectivity index (χ1v) is 6.99. The summed E-state index contributed by atoms with van der Waals surface area (Å²) in [5.74, 6) is 0.242. The molecule has 1 aromatic carbocycles. The lowest BCUT2D eigenvalue weighted by atomic mass is 9.93. The Balaban J connectivity index is 2.40. The zero-order valence-electron chi connectivity index (χ0n) is 12.6. The molecular weight excluding hydrogens is 266 g/mol. The minimum atomic E-state index is -0.760. The van der Waals surface area contributed by atoms with Crippen molar-refractivity contribution in [1.82, 2.24) is 9.55 Å². The van der Waals surface area contributed by atoms with Gasteiger partial charge in [0.1, 0.15) is 0 Å². The van der Waals surface area contributed by atoms with E-state index >= 15 is 0 Å². The highest BCUT2D eigenvalue weighted by atomic mass is 16.3. The minimum Gasteiger partial charge on any atom is -0.394 e. The summed E-state index contributed by atoms with van der Waals surface area (Å²) in [7, 11) is 0. The largest absolute Gasteiger partial charge is 0.394 e. The lowest BCUT2D eigenvalue weighted by molar-refractivity contribution is 0.223. The molecule has 21 heavy (non-hydrogen) atoms. The van der Waals surface area contributed by atoms with Gasteiger partial charge in [-0.25, -0.2) is 4.98 Å². The number of rotatable bonds is 5. The lowest BCUT2D eigenvalue weighted by Gasteiger charge is -2.29. The zero-order valence-corrected chi connectivity index (χ0v) is 12.6. The van der Waals surface area contributed by atoms with Crippen molar-refractivity contribution in [3.63, 3.8) is 0 Å². The molecule has 5 heteroatoms. The highest BCUT2D eigenvalue weighted by Gasteiger charge is 2.27. The molecule has 0 spiro atoms. The second-order valence-corrected chi connectivity index (χ2v) is 5.56. The van der Waals surface area contributed by atoms with Gasteiger partial charge >= 0.3 is 0 Å². The van der Waals surface area contributed by atoms with E-state index in [0.717, 1.165) is 5.56 Å². The van der Waals surface area contributed by atoms with E-state index in [4.69, 9.17) is 0 Å². The molecule has 0 radical (unpaired) electrons. The normalized spacial score (nSPS) is 14.0. The van der Waals surface area contributed by atoms with Crippen LogP contribution in [0.15, 0.2) is 47.5 Å². The molecule has 0 saturated carbocycles. The van der Waals surface area contributed by atoms with Crippen LogP contribution in [0.4, 0.5) is 5.82 Å². The minimum absolute atomic E-state index is 0.0538. The van der Waals surface area contributed by atoms with Gasteiger partial charge in [-0.3, -0.25) is 4.79 Å². The Hall–Kier alpha value is -2.14. The Bertz CT molecular complexity index is 652. The molecule has 2 N–H and O–H groups in total. The smallest absolute Gasteiger partial charge is 0.293 e. The van der Waals surface area contributed by atoms with Crippen molar-refractivity contribution in [3.05, 3.63) is 58.6 Å². The number of aromatic nitrogens is 2. The number of hydrogen-bond acceptors (Lipinski definition) is 4. The second kappa shape index (κ2) is 6.10. The lowest BCUT2D eigenvalue weighted by Crippen LogP contribution is -2.39. The van der Waals surface area contributed by atoms with Gasteiger partial charge in [-0.05, 0) is 26.3 Å². The van der Waals surface area contributed by atoms with Crippen LogP contribution in [-0.2, 0) is 5.54 Å². The van der Waals surface area contributed by atoms with E-state index in [1.54, 1.807) is 17.0 Å². The van der Waals surface area contributed by atoms with Crippen LogP contribution in [0.5, 0.6) is 0 Å². The van der Waals surface area contributed by atoms with Crippen LogP contribution in [0.1, 0.15) is 32.4 Å². The maximum absolute atomic E-state index is 12.4. The van der Waals surface area contributed by atoms with Crippen LogP contribution in [-0.4, -0.2) is 21.3 Å². The molecule has 112 valence electrons. The van der Waals surface area contributed by atoms with Gasteiger partial charge in [-0.2, -0.15) is 0 Å². The topological polar surface area (TPSA) is 67.2 Å². The Morgan fingerprint density at radius 3 is 2.57 bits per heavy atom. The molecule has 0 fully saturated rings. The van der Waals surface area contributed by atoms with Crippen LogP contribution in [0, 0.1) is 0 Å². The number of aliphatic hydroxyl groups excluding tert-OH is 1. The van der Waals surface area contributed by atoms with E-state index in [2.05, 4.69) is 10.3 Å². The maximum atomic E-state index is 12.4. The van der Waals surface area contributed by atoms with Gasteiger partial charge in [0, 0.05) is 18.4 Å². The first-order chi connectivity index (χ1) is 9.98. The van der Waals surface area contributed by atoms with Crippen molar-refractivity contribution in [3.8, 4) is 0 Å². The van der Waals surface area contributed by atoms with Crippen molar-refractivity contribution in [2.75, 3.05) is 11.9 Å². The summed E-state index contributed by atoms with van der Waals surface area (Å²) in [6.45, 7) is 5.58. The SMILES string of the molecule is CC(C)n1ccnc(NC(C)(CO)c2ccccc2)c1=O. The number of hydrogen-bond donors (Lipinski definition) is 2. The zero-order chi connectivity index (χ0) is 15.5. The standard InChI is InChI=1S/C16H21N3O2/c1-12(2)19-10-9-17-14(15(19)21)18-16(3,11-20)13-7-5-4-6-8-13/h4-10,12,20H,11H2,1-3H3,(H,17,18). The fourth-order valence-corrected chi connectivity index (χ4v) is 2.19. The quantitative estimate of drug-likeness (QED) is 0.884. The van der Waals surface area contributed by atoms with Gasteiger partial charge in [-0.15, -0.1) is 0 Å². The van der Waals surface area contributed by atoms with Gasteiger partial charge in [0.2, 0.25) is 0 Å². The molecule has 2 rings (SSSR count). The van der Waals surface area contributed by atoms with Gasteiger partial charge in [0.25, 0.3) is 5.56 Å². The van der Waals surface area contributed by atoms with Gasteiger partial charge in [0.05, 0.1) is 12.1 Å². The number of aliphatic hydroxyl groups is 1. The summed E-state index contributed by atoms with van der Waals surface area (Å²) in [4.78, 5) is 16.5. The molecule has 0 aliphatic carbocycles. The van der Waals surface area contributed by atoms with E-state index in [-0.39, 0.29) is 24.0 Å². The van der Waals surface area contributed by atoms with Gasteiger partial charge in [-0.1, -0.05) is 30.3 Å². The van der Waals surface area contributed by atoms with E-state index in [9.17, 15) is 9.90 Å². The first kappa shape index (κ1) is 15.3. The van der Waals surface area contributed by atoms with Gasteiger partial charge < -0.3 is 15.0 Å². The number of nitrogens with zero attached hydrogens (tertiary/aromatic N) is 2. The highest BCUT2D eigenvalue weighted by Crippen LogP contribution is 2.23. The molecule has 0 aliphatic rings. The summed E-state index contributed by atoms with van der Waals surface area (Å²) < 4.78 is 1.61. The molecule has 2 aromatic rings. The van der Waals surface area contributed by atoms with Crippen LogP contribution < -0.4 is 10.9 Å². The Morgan fingerprint density at radius 1 is 1.33 bits per heavy atom. The predicted octanol–water partition coefficient (Wildman–Crippen LogP) is 2.14. The molecular formula is C16H21N3O2. The monoisotopic (exact) mass is 287 g/mol. The third-order valence-corrected chi connectivity index (χ3v) is 3.55. The third kappa shape index (κ3) is 3.13. The molecule has 1 heterocycles. The molecule has 1 aromatic heterocycles. The van der Waals surface area contributed by atoms with Crippen molar-refractivity contribution < 1.29 is 5.11 Å². The molecule has 1 unspecified atom stereocenters.